The van der Waals surface area contributed by atoms with Gasteiger partial charge in [-0.05, 0) is 12.8 Å². The largest absolute Gasteiger partial charge is 0.373 e. The molecule has 84 valence electrons. The summed E-state index contributed by atoms with van der Waals surface area (Å²) in [7, 11) is 1.53. The van der Waals surface area contributed by atoms with Crippen LogP contribution in [0.15, 0.2) is 4.79 Å². The Bertz CT molecular complexity index is 401. The van der Waals surface area contributed by atoms with Gasteiger partial charge < -0.3 is 9.72 Å². The zero-order valence-electron chi connectivity index (χ0n) is 9.30. The molecule has 0 amide bonds. The van der Waals surface area contributed by atoms with Crippen molar-refractivity contribution in [3.8, 4) is 0 Å². The Morgan fingerprint density at radius 3 is 2.47 bits per heavy atom. The first-order valence-corrected chi connectivity index (χ1v) is 4.76. The fourth-order valence-electron chi connectivity index (χ4n) is 1.43. The molecule has 1 rings (SSSR count). The van der Waals surface area contributed by atoms with E-state index in [9.17, 15) is 9.18 Å². The fraction of sp³-hybridized carbons (Fsp3) is 0.600. The third-order valence-electron chi connectivity index (χ3n) is 2.18. The molecule has 0 spiro atoms. The number of hydrogen-bond donors (Lipinski definition) is 1. The predicted octanol–water partition coefficient (Wildman–Crippen LogP) is 1.56. The predicted molar refractivity (Wildman–Crippen MR) is 54.1 cm³/mol. The second kappa shape index (κ2) is 4.53. The van der Waals surface area contributed by atoms with E-state index in [1.165, 1.54) is 14.0 Å². The van der Waals surface area contributed by atoms with Gasteiger partial charge >= 0.3 is 0 Å². The van der Waals surface area contributed by atoms with E-state index in [2.05, 4.69) is 9.97 Å². The molecule has 1 heterocycles. The summed E-state index contributed by atoms with van der Waals surface area (Å²) in [5.74, 6) is -0.309. The molecule has 0 aromatic carbocycles. The lowest BCUT2D eigenvalue weighted by molar-refractivity contribution is 0.0569. The maximum Gasteiger partial charge on any atom is 0.287 e. The van der Waals surface area contributed by atoms with Crippen molar-refractivity contribution in [1.29, 1.82) is 0 Å². The number of aromatic nitrogens is 2. The molecule has 1 unspecified atom stereocenters. The highest BCUT2D eigenvalue weighted by Crippen LogP contribution is 2.21. The monoisotopic (exact) mass is 214 g/mol. The zero-order chi connectivity index (χ0) is 11.6. The van der Waals surface area contributed by atoms with E-state index in [1.807, 2.05) is 13.8 Å². The molecule has 0 bridgehead atoms. The minimum atomic E-state index is -0.836. The van der Waals surface area contributed by atoms with E-state index in [4.69, 9.17) is 4.74 Å². The lowest BCUT2D eigenvalue weighted by Gasteiger charge is -2.18. The van der Waals surface area contributed by atoms with Crippen LogP contribution in [0.4, 0.5) is 4.39 Å². The van der Waals surface area contributed by atoms with Crippen molar-refractivity contribution < 1.29 is 9.13 Å². The Morgan fingerprint density at radius 1 is 1.47 bits per heavy atom. The number of halogens is 1. The third-order valence-corrected chi connectivity index (χ3v) is 2.18. The Balaban J connectivity index is 3.21. The molecule has 0 fully saturated rings. The van der Waals surface area contributed by atoms with Crippen molar-refractivity contribution in [2.24, 2.45) is 5.92 Å². The van der Waals surface area contributed by atoms with Gasteiger partial charge in [-0.3, -0.25) is 4.79 Å². The Morgan fingerprint density at radius 2 is 2.07 bits per heavy atom. The number of H-pyrrole nitrogens is 1. The highest BCUT2D eigenvalue weighted by molar-refractivity contribution is 5.05. The van der Waals surface area contributed by atoms with Gasteiger partial charge in [-0.25, -0.2) is 4.98 Å². The molecule has 0 aliphatic carbocycles. The number of aryl methyl sites for hydroxylation is 1. The normalized spacial score (nSPS) is 13.2. The van der Waals surface area contributed by atoms with Crippen LogP contribution in [0.1, 0.15) is 31.5 Å². The molecule has 15 heavy (non-hydrogen) atoms. The Kier molecular flexibility index (Phi) is 3.57. The summed E-state index contributed by atoms with van der Waals surface area (Å²) in [6.07, 6.45) is -0.322. The molecule has 4 nitrogen and oxygen atoms in total. The van der Waals surface area contributed by atoms with Crippen LogP contribution in [0.2, 0.25) is 0 Å². The first-order chi connectivity index (χ1) is 6.97. The number of nitrogens with zero attached hydrogens (tertiary/aromatic N) is 1. The maximum atomic E-state index is 13.0. The fourth-order valence-corrected chi connectivity index (χ4v) is 1.43. The van der Waals surface area contributed by atoms with Gasteiger partial charge in [0.25, 0.3) is 5.56 Å². The van der Waals surface area contributed by atoms with Gasteiger partial charge in [0.2, 0.25) is 5.82 Å². The number of ether oxygens (including phenoxy) is 1. The van der Waals surface area contributed by atoms with Crippen molar-refractivity contribution in [2.75, 3.05) is 7.11 Å². The van der Waals surface area contributed by atoms with Crippen LogP contribution in [0.3, 0.4) is 0 Å². The summed E-state index contributed by atoms with van der Waals surface area (Å²) in [5, 5.41) is 0. The molecular weight excluding hydrogens is 199 g/mol. The summed E-state index contributed by atoms with van der Waals surface area (Å²) in [5.41, 5.74) is -0.656. The zero-order valence-corrected chi connectivity index (χ0v) is 9.30. The molecule has 0 saturated heterocycles. The molecule has 0 radical (unpaired) electrons. The number of rotatable bonds is 3. The van der Waals surface area contributed by atoms with Crippen molar-refractivity contribution in [3.63, 3.8) is 0 Å². The average molecular weight is 214 g/mol. The van der Waals surface area contributed by atoms with Crippen LogP contribution in [0, 0.1) is 18.7 Å². The highest BCUT2D eigenvalue weighted by atomic mass is 19.1. The first kappa shape index (κ1) is 11.8. The van der Waals surface area contributed by atoms with Crippen molar-refractivity contribution in [2.45, 2.75) is 26.9 Å². The van der Waals surface area contributed by atoms with E-state index in [-0.39, 0.29) is 17.7 Å². The van der Waals surface area contributed by atoms with E-state index >= 15 is 0 Å². The Labute approximate surface area is 87.5 Å². The van der Waals surface area contributed by atoms with Gasteiger partial charge in [0.15, 0.2) is 0 Å². The van der Waals surface area contributed by atoms with Crippen molar-refractivity contribution in [1.82, 2.24) is 9.97 Å². The number of nitrogens with one attached hydrogen (secondary N) is 1. The van der Waals surface area contributed by atoms with Crippen molar-refractivity contribution >= 4 is 0 Å². The van der Waals surface area contributed by atoms with Gasteiger partial charge in [0, 0.05) is 7.11 Å². The minimum absolute atomic E-state index is 0.0939. The topological polar surface area (TPSA) is 55.0 Å². The first-order valence-electron chi connectivity index (χ1n) is 4.76. The van der Waals surface area contributed by atoms with Crippen LogP contribution in [-0.2, 0) is 4.74 Å². The third kappa shape index (κ3) is 2.41. The molecule has 1 aromatic heterocycles. The van der Waals surface area contributed by atoms with Crippen LogP contribution >= 0.6 is 0 Å². The highest BCUT2D eigenvalue weighted by Gasteiger charge is 2.19. The molecule has 0 aliphatic heterocycles. The molecule has 5 heteroatoms. The minimum Gasteiger partial charge on any atom is -0.373 e. The van der Waals surface area contributed by atoms with E-state index in [1.54, 1.807) is 0 Å². The molecular formula is C10H15FN2O2. The van der Waals surface area contributed by atoms with E-state index in [0.29, 0.717) is 5.82 Å². The summed E-state index contributed by atoms with van der Waals surface area (Å²) < 4.78 is 18.2. The number of aromatic amines is 1. The number of methoxy groups -OCH3 is 1. The summed E-state index contributed by atoms with van der Waals surface area (Å²) in [4.78, 5) is 17.5. The van der Waals surface area contributed by atoms with E-state index < -0.39 is 11.4 Å². The van der Waals surface area contributed by atoms with Gasteiger partial charge in [-0.1, -0.05) is 13.8 Å². The van der Waals surface area contributed by atoms with Gasteiger partial charge in [0.1, 0.15) is 11.9 Å². The SMILES string of the molecule is COC(c1nc(C)c(F)c(=O)[nH]1)C(C)C. The van der Waals surface area contributed by atoms with Crippen LogP contribution in [0.25, 0.3) is 0 Å². The van der Waals surface area contributed by atoms with Gasteiger partial charge in [-0.15, -0.1) is 0 Å². The molecule has 1 atom stereocenters. The van der Waals surface area contributed by atoms with Crippen LogP contribution < -0.4 is 5.56 Å². The van der Waals surface area contributed by atoms with E-state index in [0.717, 1.165) is 0 Å². The molecule has 1 aromatic rings. The summed E-state index contributed by atoms with van der Waals surface area (Å²) in [6.45, 7) is 5.33. The summed E-state index contributed by atoms with van der Waals surface area (Å²) in [6, 6.07) is 0. The summed E-state index contributed by atoms with van der Waals surface area (Å²) >= 11 is 0. The van der Waals surface area contributed by atoms with Crippen molar-refractivity contribution in [3.05, 3.63) is 27.7 Å². The lowest BCUT2D eigenvalue weighted by Crippen LogP contribution is -2.22. The smallest absolute Gasteiger partial charge is 0.287 e. The molecule has 0 aliphatic rings. The Hall–Kier alpha value is -1.23. The number of hydrogen-bond acceptors (Lipinski definition) is 3. The van der Waals surface area contributed by atoms with Crippen LogP contribution in [0.5, 0.6) is 0 Å². The standard InChI is InChI=1S/C10H15FN2O2/c1-5(2)8(15-4)9-12-6(3)7(11)10(14)13-9/h5,8H,1-4H3,(H,12,13,14). The molecule has 1 N–H and O–H groups in total. The molecule has 0 saturated carbocycles. The maximum absolute atomic E-state index is 13.0. The second-order valence-corrected chi connectivity index (χ2v) is 3.75. The lowest BCUT2D eigenvalue weighted by atomic mass is 10.1. The second-order valence-electron chi connectivity index (χ2n) is 3.75. The van der Waals surface area contributed by atoms with Crippen LogP contribution in [-0.4, -0.2) is 17.1 Å². The van der Waals surface area contributed by atoms with Gasteiger partial charge in [0.05, 0.1) is 5.69 Å². The van der Waals surface area contributed by atoms with Gasteiger partial charge in [-0.2, -0.15) is 4.39 Å². The quantitative estimate of drug-likeness (QED) is 0.830. The average Bonchev–Trinajstić information content (AvgIpc) is 2.14.